The standard InChI is InChI=1S/C12H8BrCl2N3O/c13-7-3-9(15)10(4-8(7)14)19-11-5-18-2-1-6(11)12(16)17/h1-5H,(H3,16,17). The molecule has 0 saturated heterocycles. The van der Waals surface area contributed by atoms with Gasteiger partial charge in [-0.2, -0.15) is 0 Å². The van der Waals surface area contributed by atoms with E-state index in [-0.39, 0.29) is 5.84 Å². The SMILES string of the molecule is N=C(N)c1ccncc1Oc1cc(Cl)c(Br)cc1Cl. The van der Waals surface area contributed by atoms with Crippen LogP contribution in [0.25, 0.3) is 0 Å². The number of nitrogens with zero attached hydrogens (tertiary/aromatic N) is 1. The second-order valence-electron chi connectivity index (χ2n) is 3.58. The van der Waals surface area contributed by atoms with Crippen LogP contribution in [0.15, 0.2) is 35.1 Å². The number of amidine groups is 1. The number of ether oxygens (including phenoxy) is 1. The molecule has 1 aromatic heterocycles. The molecule has 0 atom stereocenters. The van der Waals surface area contributed by atoms with Crippen molar-refractivity contribution in [3.05, 3.63) is 50.7 Å². The van der Waals surface area contributed by atoms with Crippen molar-refractivity contribution in [2.45, 2.75) is 0 Å². The lowest BCUT2D eigenvalue weighted by atomic mass is 10.2. The summed E-state index contributed by atoms with van der Waals surface area (Å²) in [6.45, 7) is 0. The number of nitrogens with two attached hydrogens (primary N) is 1. The molecule has 7 heteroatoms. The summed E-state index contributed by atoms with van der Waals surface area (Å²) >= 11 is 15.3. The van der Waals surface area contributed by atoms with Crippen LogP contribution >= 0.6 is 39.1 Å². The highest BCUT2D eigenvalue weighted by atomic mass is 79.9. The van der Waals surface area contributed by atoms with E-state index in [9.17, 15) is 0 Å². The van der Waals surface area contributed by atoms with Gasteiger partial charge in [-0.05, 0) is 28.1 Å². The van der Waals surface area contributed by atoms with E-state index in [0.717, 1.165) is 0 Å². The first kappa shape index (κ1) is 14.1. The molecule has 0 bridgehead atoms. The van der Waals surface area contributed by atoms with Crippen LogP contribution < -0.4 is 10.5 Å². The summed E-state index contributed by atoms with van der Waals surface area (Å²) in [4.78, 5) is 3.93. The maximum Gasteiger partial charge on any atom is 0.156 e. The smallest absolute Gasteiger partial charge is 0.156 e. The molecule has 0 radical (unpaired) electrons. The van der Waals surface area contributed by atoms with Crippen LogP contribution in [0.4, 0.5) is 0 Å². The fraction of sp³-hybridized carbons (Fsp3) is 0. The number of pyridine rings is 1. The Hall–Kier alpha value is -1.30. The van der Waals surface area contributed by atoms with Gasteiger partial charge >= 0.3 is 0 Å². The van der Waals surface area contributed by atoms with Crippen molar-refractivity contribution >= 4 is 45.0 Å². The largest absolute Gasteiger partial charge is 0.453 e. The average Bonchev–Trinajstić information content (AvgIpc) is 2.36. The van der Waals surface area contributed by atoms with E-state index in [4.69, 9.17) is 39.1 Å². The van der Waals surface area contributed by atoms with Gasteiger partial charge in [0.05, 0.1) is 21.8 Å². The number of hydrogen-bond donors (Lipinski definition) is 2. The molecule has 1 aromatic carbocycles. The first-order valence-corrected chi connectivity index (χ1v) is 6.64. The van der Waals surface area contributed by atoms with E-state index in [0.29, 0.717) is 31.6 Å². The number of benzene rings is 1. The minimum Gasteiger partial charge on any atom is -0.453 e. The Balaban J connectivity index is 2.42. The molecular formula is C12H8BrCl2N3O. The maximum atomic E-state index is 7.48. The average molecular weight is 361 g/mol. The van der Waals surface area contributed by atoms with Gasteiger partial charge in [-0.3, -0.25) is 10.4 Å². The highest BCUT2D eigenvalue weighted by Crippen LogP contribution is 2.37. The fourth-order valence-electron chi connectivity index (χ4n) is 1.38. The maximum absolute atomic E-state index is 7.48. The highest BCUT2D eigenvalue weighted by Gasteiger charge is 2.12. The summed E-state index contributed by atoms with van der Waals surface area (Å²) in [5.74, 6) is 0.595. The molecule has 0 amide bonds. The molecule has 4 nitrogen and oxygen atoms in total. The fourth-order valence-corrected chi connectivity index (χ4v) is 2.22. The lowest BCUT2D eigenvalue weighted by Crippen LogP contribution is -2.12. The third-order valence-corrected chi connectivity index (χ3v) is 3.76. The van der Waals surface area contributed by atoms with E-state index in [1.807, 2.05) is 0 Å². The molecule has 0 unspecified atom stereocenters. The molecule has 2 rings (SSSR count). The number of rotatable bonds is 3. The van der Waals surface area contributed by atoms with E-state index in [1.165, 1.54) is 12.4 Å². The Morgan fingerprint density at radius 2 is 2.00 bits per heavy atom. The molecule has 19 heavy (non-hydrogen) atoms. The van der Waals surface area contributed by atoms with Crippen LogP contribution in [0.1, 0.15) is 5.56 Å². The first-order valence-electron chi connectivity index (χ1n) is 5.10. The van der Waals surface area contributed by atoms with Crippen LogP contribution in [-0.4, -0.2) is 10.8 Å². The molecular weight excluding hydrogens is 353 g/mol. The highest BCUT2D eigenvalue weighted by molar-refractivity contribution is 9.10. The summed E-state index contributed by atoms with van der Waals surface area (Å²) < 4.78 is 6.29. The summed E-state index contributed by atoms with van der Waals surface area (Å²) in [7, 11) is 0. The van der Waals surface area contributed by atoms with Gasteiger partial charge in [0.25, 0.3) is 0 Å². The molecule has 2 aromatic rings. The van der Waals surface area contributed by atoms with Crippen LogP contribution in [0.2, 0.25) is 10.0 Å². The Morgan fingerprint density at radius 3 is 2.68 bits per heavy atom. The first-order chi connectivity index (χ1) is 8.99. The van der Waals surface area contributed by atoms with Crippen LogP contribution in [0, 0.1) is 5.41 Å². The van der Waals surface area contributed by atoms with E-state index in [1.54, 1.807) is 18.2 Å². The molecule has 0 aliphatic carbocycles. The van der Waals surface area contributed by atoms with Crippen LogP contribution in [0.5, 0.6) is 11.5 Å². The van der Waals surface area contributed by atoms with Crippen LogP contribution in [0.3, 0.4) is 0 Å². The zero-order valence-electron chi connectivity index (χ0n) is 9.45. The zero-order valence-corrected chi connectivity index (χ0v) is 12.6. The van der Waals surface area contributed by atoms with E-state index in [2.05, 4.69) is 20.9 Å². The molecule has 0 aliphatic rings. The topological polar surface area (TPSA) is 72.0 Å². The van der Waals surface area contributed by atoms with E-state index >= 15 is 0 Å². The molecule has 3 N–H and O–H groups in total. The monoisotopic (exact) mass is 359 g/mol. The molecule has 0 aliphatic heterocycles. The van der Waals surface area contributed by atoms with Gasteiger partial charge < -0.3 is 10.5 Å². The number of aromatic nitrogens is 1. The number of nitrogen functional groups attached to an aromatic ring is 1. The second-order valence-corrected chi connectivity index (χ2v) is 5.25. The minimum absolute atomic E-state index is 0.114. The summed E-state index contributed by atoms with van der Waals surface area (Å²) in [5, 5.41) is 8.32. The van der Waals surface area contributed by atoms with Crippen molar-refractivity contribution in [1.29, 1.82) is 5.41 Å². The molecule has 0 saturated carbocycles. The third kappa shape index (κ3) is 3.18. The van der Waals surface area contributed by atoms with Crippen LogP contribution in [-0.2, 0) is 0 Å². The van der Waals surface area contributed by atoms with Gasteiger partial charge in [-0.25, -0.2) is 0 Å². The van der Waals surface area contributed by atoms with Crippen molar-refractivity contribution in [3.8, 4) is 11.5 Å². The Kier molecular flexibility index (Phi) is 4.29. The van der Waals surface area contributed by atoms with Crippen molar-refractivity contribution in [2.24, 2.45) is 5.73 Å². The normalized spacial score (nSPS) is 10.3. The van der Waals surface area contributed by atoms with Gasteiger partial charge in [-0.15, -0.1) is 0 Å². The number of nitrogens with one attached hydrogen (secondary N) is 1. The summed E-state index contributed by atoms with van der Waals surface area (Å²) in [6.07, 6.45) is 2.99. The quantitative estimate of drug-likeness (QED) is 0.488. The van der Waals surface area contributed by atoms with Crippen molar-refractivity contribution in [1.82, 2.24) is 4.98 Å². The van der Waals surface area contributed by atoms with Crippen molar-refractivity contribution in [3.63, 3.8) is 0 Å². The minimum atomic E-state index is -0.114. The predicted molar refractivity (Wildman–Crippen MR) is 79.5 cm³/mol. The Labute approximate surface area is 128 Å². The van der Waals surface area contributed by atoms with Gasteiger partial charge in [0.15, 0.2) is 5.75 Å². The van der Waals surface area contributed by atoms with Gasteiger partial charge in [-0.1, -0.05) is 23.2 Å². The Bertz CT molecular complexity index is 649. The Morgan fingerprint density at radius 1 is 1.26 bits per heavy atom. The zero-order chi connectivity index (χ0) is 14.0. The second kappa shape index (κ2) is 5.77. The van der Waals surface area contributed by atoms with Crippen molar-refractivity contribution in [2.75, 3.05) is 0 Å². The molecule has 0 fully saturated rings. The summed E-state index contributed by atoms with van der Waals surface area (Å²) in [5.41, 5.74) is 5.90. The molecule has 0 spiro atoms. The predicted octanol–water partition coefficient (Wildman–Crippen LogP) is 4.23. The van der Waals surface area contributed by atoms with Gasteiger partial charge in [0.2, 0.25) is 0 Å². The number of halogens is 3. The number of hydrogen-bond acceptors (Lipinski definition) is 3. The molecule has 98 valence electrons. The van der Waals surface area contributed by atoms with Gasteiger partial charge in [0, 0.05) is 16.7 Å². The molecule has 1 heterocycles. The summed E-state index contributed by atoms with van der Waals surface area (Å²) in [6, 6.07) is 4.79. The lowest BCUT2D eigenvalue weighted by molar-refractivity contribution is 0.479. The van der Waals surface area contributed by atoms with Crippen molar-refractivity contribution < 1.29 is 4.74 Å². The third-order valence-electron chi connectivity index (χ3n) is 2.27. The van der Waals surface area contributed by atoms with Gasteiger partial charge in [0.1, 0.15) is 11.6 Å². The lowest BCUT2D eigenvalue weighted by Gasteiger charge is -2.11. The van der Waals surface area contributed by atoms with E-state index < -0.39 is 0 Å².